The molecule has 1 saturated heterocycles. The molecule has 1 aromatic rings. The van der Waals surface area contributed by atoms with E-state index < -0.39 is 16.0 Å². The topological polar surface area (TPSA) is 93.1 Å². The monoisotopic (exact) mass is 315 g/mol. The highest BCUT2D eigenvalue weighted by atomic mass is 32.2. The van der Waals surface area contributed by atoms with Crippen molar-refractivity contribution in [3.63, 3.8) is 0 Å². The summed E-state index contributed by atoms with van der Waals surface area (Å²) in [5, 5.41) is 9.63. The number of phenolic OH excluding ortho intramolecular Hbond substituents is 1. The Morgan fingerprint density at radius 2 is 2.19 bits per heavy atom. The average Bonchev–Trinajstić information content (AvgIpc) is 2.46. The molecule has 7 nitrogen and oxygen atoms in total. The van der Waals surface area contributed by atoms with Gasteiger partial charge in [0.05, 0.1) is 24.7 Å². The van der Waals surface area contributed by atoms with Crippen LogP contribution in [-0.2, 0) is 19.5 Å². The summed E-state index contributed by atoms with van der Waals surface area (Å²) in [6.45, 7) is 2.61. The Balaban J connectivity index is 2.38. The molecule has 1 fully saturated rings. The number of rotatable bonds is 3. The fourth-order valence-corrected chi connectivity index (χ4v) is 3.63. The number of methoxy groups -OCH3 is 1. The maximum atomic E-state index is 12.5. The van der Waals surface area contributed by atoms with Gasteiger partial charge in [0.1, 0.15) is 11.3 Å². The number of morpholine rings is 1. The molecule has 0 radical (unpaired) electrons. The van der Waals surface area contributed by atoms with Gasteiger partial charge in [-0.05, 0) is 25.1 Å². The normalized spacial score (nSPS) is 20.2. The summed E-state index contributed by atoms with van der Waals surface area (Å²) in [4.78, 5) is 11.5. The summed E-state index contributed by atoms with van der Waals surface area (Å²) >= 11 is 0. The lowest BCUT2D eigenvalue weighted by Crippen LogP contribution is -2.44. The number of carbonyl (C=O) groups is 1. The van der Waals surface area contributed by atoms with E-state index in [1.165, 1.54) is 16.4 Å². The fourth-order valence-electron chi connectivity index (χ4n) is 2.10. The molecule has 0 aliphatic carbocycles. The highest BCUT2D eigenvalue weighted by molar-refractivity contribution is 7.89. The molecule has 1 heterocycles. The number of esters is 1. The van der Waals surface area contributed by atoms with Crippen LogP contribution < -0.4 is 0 Å². The van der Waals surface area contributed by atoms with E-state index in [-0.39, 0.29) is 35.4 Å². The van der Waals surface area contributed by atoms with Crippen LogP contribution >= 0.6 is 0 Å². The van der Waals surface area contributed by atoms with E-state index in [0.717, 1.165) is 13.2 Å². The number of hydrogen-bond acceptors (Lipinski definition) is 6. The standard InChI is InChI=1S/C13H17NO6S/c1-9-8-14(5-6-20-9)21(17,18)10-3-4-12(15)11(7-10)13(16)19-2/h3-4,7,9,15H,5-6,8H2,1-2H3. The first-order valence-corrected chi connectivity index (χ1v) is 7.83. The van der Waals surface area contributed by atoms with Crippen LogP contribution in [0.15, 0.2) is 23.1 Å². The van der Waals surface area contributed by atoms with Crippen molar-refractivity contribution in [1.82, 2.24) is 4.31 Å². The fraction of sp³-hybridized carbons (Fsp3) is 0.462. The van der Waals surface area contributed by atoms with Crippen molar-refractivity contribution < 1.29 is 27.8 Å². The van der Waals surface area contributed by atoms with Crippen LogP contribution in [0.3, 0.4) is 0 Å². The van der Waals surface area contributed by atoms with Gasteiger partial charge in [-0.3, -0.25) is 0 Å². The number of aromatic hydroxyl groups is 1. The molecule has 8 heteroatoms. The van der Waals surface area contributed by atoms with Gasteiger partial charge < -0.3 is 14.6 Å². The minimum atomic E-state index is -3.74. The molecule has 1 N–H and O–H groups in total. The van der Waals surface area contributed by atoms with Gasteiger partial charge in [-0.2, -0.15) is 4.31 Å². The quantitative estimate of drug-likeness (QED) is 0.821. The summed E-state index contributed by atoms with van der Waals surface area (Å²) in [6, 6.07) is 3.55. The van der Waals surface area contributed by atoms with Crippen LogP contribution in [0.5, 0.6) is 5.75 Å². The molecule has 1 atom stereocenters. The van der Waals surface area contributed by atoms with Crippen molar-refractivity contribution in [1.29, 1.82) is 0 Å². The molecule has 1 aliphatic rings. The van der Waals surface area contributed by atoms with Crippen molar-refractivity contribution in [2.45, 2.75) is 17.9 Å². The van der Waals surface area contributed by atoms with E-state index in [0.29, 0.717) is 6.61 Å². The van der Waals surface area contributed by atoms with Crippen LogP contribution in [-0.4, -0.2) is 56.7 Å². The number of nitrogens with zero attached hydrogens (tertiary/aromatic N) is 1. The third-order valence-corrected chi connectivity index (χ3v) is 5.08. The number of ether oxygens (including phenoxy) is 2. The molecule has 0 bridgehead atoms. The minimum Gasteiger partial charge on any atom is -0.507 e. The number of carbonyl (C=O) groups excluding carboxylic acids is 1. The SMILES string of the molecule is COC(=O)c1cc(S(=O)(=O)N2CCOC(C)C2)ccc1O. The maximum Gasteiger partial charge on any atom is 0.341 e. The predicted molar refractivity (Wildman–Crippen MR) is 73.6 cm³/mol. The predicted octanol–water partition coefficient (Wildman–Crippen LogP) is 0.588. The van der Waals surface area contributed by atoms with Gasteiger partial charge in [-0.1, -0.05) is 0 Å². The lowest BCUT2D eigenvalue weighted by atomic mass is 10.2. The van der Waals surface area contributed by atoms with E-state index >= 15 is 0 Å². The Bertz CT molecular complexity index is 642. The van der Waals surface area contributed by atoms with Crippen LogP contribution in [0.25, 0.3) is 0 Å². The highest BCUT2D eigenvalue weighted by Crippen LogP contribution is 2.25. The molecule has 21 heavy (non-hydrogen) atoms. The van der Waals surface area contributed by atoms with Gasteiger partial charge >= 0.3 is 5.97 Å². The van der Waals surface area contributed by atoms with Gasteiger partial charge in [-0.25, -0.2) is 13.2 Å². The van der Waals surface area contributed by atoms with Crippen LogP contribution in [0.1, 0.15) is 17.3 Å². The third kappa shape index (κ3) is 3.17. The van der Waals surface area contributed by atoms with E-state index in [2.05, 4.69) is 4.74 Å². The van der Waals surface area contributed by atoms with Crippen molar-refractivity contribution in [3.8, 4) is 5.75 Å². The number of sulfonamides is 1. The summed E-state index contributed by atoms with van der Waals surface area (Å²) in [6.07, 6.45) is -0.189. The summed E-state index contributed by atoms with van der Waals surface area (Å²) in [5.41, 5.74) is -0.181. The number of benzene rings is 1. The van der Waals surface area contributed by atoms with Gasteiger partial charge in [-0.15, -0.1) is 0 Å². The molecular weight excluding hydrogens is 298 g/mol. The molecule has 0 amide bonds. The average molecular weight is 315 g/mol. The molecule has 2 rings (SSSR count). The molecule has 0 saturated carbocycles. The maximum absolute atomic E-state index is 12.5. The Labute approximate surface area is 123 Å². The second-order valence-corrected chi connectivity index (χ2v) is 6.65. The molecule has 116 valence electrons. The lowest BCUT2D eigenvalue weighted by Gasteiger charge is -2.30. The van der Waals surface area contributed by atoms with Gasteiger partial charge in [0.2, 0.25) is 10.0 Å². The second-order valence-electron chi connectivity index (χ2n) is 4.71. The Hall–Kier alpha value is -1.64. The zero-order valence-electron chi connectivity index (χ0n) is 11.8. The molecule has 1 unspecified atom stereocenters. The molecule has 1 aliphatic heterocycles. The molecule has 0 aromatic heterocycles. The van der Waals surface area contributed by atoms with Crippen molar-refractivity contribution in [2.24, 2.45) is 0 Å². The summed E-state index contributed by atoms with van der Waals surface area (Å²) < 4.78 is 36.2. The molecular formula is C13H17NO6S. The van der Waals surface area contributed by atoms with E-state index in [9.17, 15) is 18.3 Å². The first kappa shape index (κ1) is 15.7. The zero-order valence-corrected chi connectivity index (χ0v) is 12.6. The Morgan fingerprint density at radius 1 is 1.48 bits per heavy atom. The minimum absolute atomic E-state index is 0.0604. The third-order valence-electron chi connectivity index (χ3n) is 3.21. The lowest BCUT2D eigenvalue weighted by molar-refractivity contribution is 0.0102. The highest BCUT2D eigenvalue weighted by Gasteiger charge is 2.30. The van der Waals surface area contributed by atoms with E-state index in [1.807, 2.05) is 0 Å². The number of hydrogen-bond donors (Lipinski definition) is 1. The summed E-state index contributed by atoms with van der Waals surface area (Å²) in [7, 11) is -2.58. The smallest absolute Gasteiger partial charge is 0.341 e. The van der Waals surface area contributed by atoms with Crippen molar-refractivity contribution in [2.75, 3.05) is 26.8 Å². The Kier molecular flexibility index (Phi) is 4.50. The van der Waals surface area contributed by atoms with Crippen LogP contribution in [0, 0.1) is 0 Å². The van der Waals surface area contributed by atoms with Gasteiger partial charge in [0, 0.05) is 13.1 Å². The first-order valence-electron chi connectivity index (χ1n) is 6.39. The van der Waals surface area contributed by atoms with E-state index in [1.54, 1.807) is 6.92 Å². The van der Waals surface area contributed by atoms with Crippen LogP contribution in [0.4, 0.5) is 0 Å². The van der Waals surface area contributed by atoms with Crippen molar-refractivity contribution in [3.05, 3.63) is 23.8 Å². The first-order chi connectivity index (χ1) is 9.86. The Morgan fingerprint density at radius 3 is 2.81 bits per heavy atom. The molecule has 0 spiro atoms. The summed E-state index contributed by atoms with van der Waals surface area (Å²) in [5.74, 6) is -1.11. The van der Waals surface area contributed by atoms with Gasteiger partial charge in [0.25, 0.3) is 0 Å². The largest absolute Gasteiger partial charge is 0.507 e. The number of phenols is 1. The zero-order chi connectivity index (χ0) is 15.6. The molecule has 1 aromatic carbocycles. The second kappa shape index (κ2) is 6.00. The van der Waals surface area contributed by atoms with Gasteiger partial charge in [0.15, 0.2) is 0 Å². The van der Waals surface area contributed by atoms with Crippen molar-refractivity contribution >= 4 is 16.0 Å². The van der Waals surface area contributed by atoms with Crippen LogP contribution in [0.2, 0.25) is 0 Å². The van der Waals surface area contributed by atoms with E-state index in [4.69, 9.17) is 4.74 Å².